The molecular formula is C18H19NO7S. The summed E-state index contributed by atoms with van der Waals surface area (Å²) in [6.45, 7) is 3.87. The Kier molecular flexibility index (Phi) is 6.17. The Morgan fingerprint density at radius 3 is 2.48 bits per heavy atom. The Balaban J connectivity index is 2.52. The fraction of sp³-hybridized carbons (Fsp3) is 0.278. The molecule has 8 nitrogen and oxygen atoms in total. The largest absolute Gasteiger partial charge is 0.465 e. The van der Waals surface area contributed by atoms with E-state index in [1.807, 2.05) is 13.8 Å². The molecule has 0 radical (unpaired) electrons. The third kappa shape index (κ3) is 4.43. The molecule has 0 amide bonds. The van der Waals surface area contributed by atoms with Crippen molar-refractivity contribution in [2.24, 2.45) is 0 Å². The van der Waals surface area contributed by atoms with E-state index in [1.54, 1.807) is 18.2 Å². The fourth-order valence-corrected chi connectivity index (χ4v) is 3.57. The predicted octanol–water partition coefficient (Wildman–Crippen LogP) is 3.66. The summed E-state index contributed by atoms with van der Waals surface area (Å²) in [5.41, 5.74) is -0.223. The summed E-state index contributed by atoms with van der Waals surface area (Å²) in [6, 6.07) is 9.56. The summed E-state index contributed by atoms with van der Waals surface area (Å²) in [7, 11) is -3.38. The van der Waals surface area contributed by atoms with E-state index in [2.05, 4.69) is 4.74 Å². The molecule has 0 fully saturated rings. The van der Waals surface area contributed by atoms with Crippen molar-refractivity contribution in [3.8, 4) is 5.75 Å². The molecule has 9 heteroatoms. The number of methoxy groups -OCH3 is 1. The number of carbonyl (C=O) groups is 1. The van der Waals surface area contributed by atoms with Gasteiger partial charge in [-0.2, -0.15) is 8.42 Å². The molecule has 0 saturated carbocycles. The molecule has 27 heavy (non-hydrogen) atoms. The third-order valence-corrected chi connectivity index (χ3v) is 5.39. The molecule has 2 rings (SSSR count). The van der Waals surface area contributed by atoms with Gasteiger partial charge in [0.1, 0.15) is 5.75 Å². The molecule has 0 unspecified atom stereocenters. The van der Waals surface area contributed by atoms with Gasteiger partial charge in [0.15, 0.2) is 4.90 Å². The molecule has 2 aromatic carbocycles. The number of ether oxygens (including phenoxy) is 1. The van der Waals surface area contributed by atoms with Crippen molar-refractivity contribution in [3.63, 3.8) is 0 Å². The lowest BCUT2D eigenvalue weighted by molar-refractivity contribution is -0.387. The first-order valence-corrected chi connectivity index (χ1v) is 9.52. The van der Waals surface area contributed by atoms with Crippen LogP contribution in [0.15, 0.2) is 47.4 Å². The highest BCUT2D eigenvalue weighted by molar-refractivity contribution is 7.87. The minimum Gasteiger partial charge on any atom is -0.465 e. The van der Waals surface area contributed by atoms with Crippen LogP contribution in [0.2, 0.25) is 0 Å². The van der Waals surface area contributed by atoms with E-state index in [0.29, 0.717) is 5.56 Å². The lowest BCUT2D eigenvalue weighted by Crippen LogP contribution is -2.14. The van der Waals surface area contributed by atoms with Gasteiger partial charge in [-0.1, -0.05) is 32.0 Å². The van der Waals surface area contributed by atoms with Crippen molar-refractivity contribution >= 4 is 21.8 Å². The Labute approximate surface area is 157 Å². The van der Waals surface area contributed by atoms with Gasteiger partial charge in [0.25, 0.3) is 5.69 Å². The highest BCUT2D eigenvalue weighted by Crippen LogP contribution is 2.33. The van der Waals surface area contributed by atoms with Gasteiger partial charge >= 0.3 is 16.1 Å². The maximum Gasteiger partial charge on any atom is 0.346 e. The molecule has 0 aliphatic rings. The summed E-state index contributed by atoms with van der Waals surface area (Å²) in [5, 5.41) is 11.3. The zero-order valence-corrected chi connectivity index (χ0v) is 15.9. The zero-order valence-electron chi connectivity index (χ0n) is 15.0. The molecule has 0 saturated heterocycles. The number of benzene rings is 2. The quantitative estimate of drug-likeness (QED) is 0.305. The average Bonchev–Trinajstić information content (AvgIpc) is 2.66. The molecule has 0 aliphatic heterocycles. The van der Waals surface area contributed by atoms with Gasteiger partial charge in [-0.25, -0.2) is 4.79 Å². The number of rotatable bonds is 7. The van der Waals surface area contributed by atoms with Crippen molar-refractivity contribution in [1.29, 1.82) is 0 Å². The Morgan fingerprint density at radius 2 is 1.89 bits per heavy atom. The van der Waals surface area contributed by atoms with Gasteiger partial charge in [-0.15, -0.1) is 0 Å². The summed E-state index contributed by atoms with van der Waals surface area (Å²) < 4.78 is 35.1. The number of para-hydroxylation sites is 1. The lowest BCUT2D eigenvalue weighted by atomic mass is 9.98. The van der Waals surface area contributed by atoms with Crippen LogP contribution in [-0.2, 0) is 14.9 Å². The number of carbonyl (C=O) groups excluding carboxylic acids is 1. The number of hydrogen-bond donors (Lipinski definition) is 0. The van der Waals surface area contributed by atoms with Crippen LogP contribution in [0.4, 0.5) is 5.69 Å². The summed E-state index contributed by atoms with van der Waals surface area (Å²) in [4.78, 5) is 21.4. The van der Waals surface area contributed by atoms with E-state index >= 15 is 0 Å². The van der Waals surface area contributed by atoms with Gasteiger partial charge < -0.3 is 8.92 Å². The van der Waals surface area contributed by atoms with E-state index < -0.39 is 31.6 Å². The summed E-state index contributed by atoms with van der Waals surface area (Å²) in [5.74, 6) is -0.670. The molecular weight excluding hydrogens is 374 g/mol. The van der Waals surface area contributed by atoms with Crippen molar-refractivity contribution in [1.82, 2.24) is 0 Å². The summed E-state index contributed by atoms with van der Waals surface area (Å²) in [6.07, 6.45) is 0.758. The summed E-state index contributed by atoms with van der Waals surface area (Å²) >= 11 is 0. The van der Waals surface area contributed by atoms with Crippen molar-refractivity contribution in [2.45, 2.75) is 31.1 Å². The third-order valence-electron chi connectivity index (χ3n) is 4.11. The van der Waals surface area contributed by atoms with Gasteiger partial charge in [0.05, 0.1) is 17.6 Å². The molecule has 0 aliphatic carbocycles. The van der Waals surface area contributed by atoms with Gasteiger partial charge in [-0.3, -0.25) is 10.1 Å². The Morgan fingerprint density at radius 1 is 1.22 bits per heavy atom. The first kappa shape index (κ1) is 20.4. The molecule has 2 aromatic rings. The molecule has 0 bridgehead atoms. The van der Waals surface area contributed by atoms with E-state index in [9.17, 15) is 23.3 Å². The average molecular weight is 393 g/mol. The Hall–Kier alpha value is -2.94. The molecule has 0 aromatic heterocycles. The topological polar surface area (TPSA) is 113 Å². The van der Waals surface area contributed by atoms with E-state index in [0.717, 1.165) is 31.7 Å². The molecule has 1 atom stereocenters. The van der Waals surface area contributed by atoms with Gasteiger partial charge in [0, 0.05) is 6.07 Å². The number of hydrogen-bond acceptors (Lipinski definition) is 7. The maximum absolute atomic E-state index is 12.7. The minimum atomic E-state index is -4.50. The smallest absolute Gasteiger partial charge is 0.346 e. The lowest BCUT2D eigenvalue weighted by Gasteiger charge is -2.15. The van der Waals surface area contributed by atoms with Crippen LogP contribution >= 0.6 is 0 Å². The van der Waals surface area contributed by atoms with E-state index in [4.69, 9.17) is 4.18 Å². The number of esters is 1. The second kappa shape index (κ2) is 8.17. The first-order valence-electron chi connectivity index (χ1n) is 8.11. The standard InChI is InChI=1S/C18H19NO7S/c1-4-12(2)14-7-5-6-8-16(14)26-27(23,24)17-10-9-13(18(20)25-3)11-15(17)19(21)22/h5-12H,4H2,1-3H3/t12-/m1/s1. The second-order valence-corrected chi connectivity index (χ2v) is 7.33. The zero-order chi connectivity index (χ0) is 20.2. The highest BCUT2D eigenvalue weighted by Gasteiger charge is 2.30. The van der Waals surface area contributed by atoms with Gasteiger partial charge in [-0.05, 0) is 36.1 Å². The second-order valence-electron chi connectivity index (χ2n) is 5.82. The number of nitro groups is 1. The van der Waals surface area contributed by atoms with Crippen molar-refractivity contribution < 1.29 is 27.1 Å². The van der Waals surface area contributed by atoms with Crippen molar-refractivity contribution in [2.75, 3.05) is 7.11 Å². The molecule has 0 N–H and O–H groups in total. The van der Waals surface area contributed by atoms with Crippen LogP contribution in [0.1, 0.15) is 42.1 Å². The van der Waals surface area contributed by atoms with Crippen LogP contribution < -0.4 is 4.18 Å². The highest BCUT2D eigenvalue weighted by atomic mass is 32.2. The normalized spacial score (nSPS) is 12.3. The monoisotopic (exact) mass is 393 g/mol. The number of nitro benzene ring substituents is 1. The fourth-order valence-electron chi connectivity index (χ4n) is 2.46. The maximum atomic E-state index is 12.7. The molecule has 0 spiro atoms. The van der Waals surface area contributed by atoms with Crippen LogP contribution in [0, 0.1) is 10.1 Å². The van der Waals surface area contributed by atoms with Crippen LogP contribution in [0.5, 0.6) is 5.75 Å². The first-order chi connectivity index (χ1) is 12.7. The number of nitrogens with zero attached hydrogens (tertiary/aromatic N) is 1. The Bertz CT molecular complexity index is 969. The van der Waals surface area contributed by atoms with E-state index in [1.165, 1.54) is 6.07 Å². The van der Waals surface area contributed by atoms with Crippen LogP contribution in [0.3, 0.4) is 0 Å². The van der Waals surface area contributed by atoms with Crippen LogP contribution in [-0.4, -0.2) is 26.4 Å². The predicted molar refractivity (Wildman–Crippen MR) is 97.4 cm³/mol. The van der Waals surface area contributed by atoms with Crippen LogP contribution in [0.25, 0.3) is 0 Å². The van der Waals surface area contributed by atoms with Crippen molar-refractivity contribution in [3.05, 3.63) is 63.7 Å². The van der Waals surface area contributed by atoms with Gasteiger partial charge in [0.2, 0.25) is 0 Å². The SMILES string of the molecule is CC[C@@H](C)c1ccccc1OS(=O)(=O)c1ccc(C(=O)OC)cc1[N+](=O)[O-]. The molecule has 0 heterocycles. The minimum absolute atomic E-state index is 0.0353. The van der Waals surface area contributed by atoms with E-state index in [-0.39, 0.29) is 17.2 Å². The molecule has 144 valence electrons.